The van der Waals surface area contributed by atoms with E-state index in [1.807, 2.05) is 0 Å². The molecule has 0 aromatic carbocycles. The molecule has 4 amide bonds. The largest absolute Gasteiger partial charge is 0.417 e. The van der Waals surface area contributed by atoms with Gasteiger partial charge in [0.05, 0.1) is 10.6 Å². The maximum atomic E-state index is 12.6. The predicted octanol–water partition coefficient (Wildman–Crippen LogP) is 2.08. The minimum absolute atomic E-state index is 0.0316. The van der Waals surface area contributed by atoms with Crippen molar-refractivity contribution < 1.29 is 27.6 Å². The van der Waals surface area contributed by atoms with Crippen molar-refractivity contribution in [1.82, 2.24) is 20.1 Å². The van der Waals surface area contributed by atoms with Gasteiger partial charge in [0.15, 0.2) is 0 Å². The molecule has 0 saturated carbocycles. The Hall–Kier alpha value is -2.82. The maximum absolute atomic E-state index is 12.6. The Morgan fingerprint density at radius 2 is 1.96 bits per heavy atom. The zero-order chi connectivity index (χ0) is 21.2. The number of carbonyl (C=O) groups excluding carboxylic acids is 3. The summed E-state index contributed by atoms with van der Waals surface area (Å²) in [4.78, 5) is 42.4. The third-order valence-electron chi connectivity index (χ3n) is 3.98. The van der Waals surface area contributed by atoms with E-state index in [0.29, 0.717) is 11.9 Å². The molecule has 28 heavy (non-hydrogen) atoms. The van der Waals surface area contributed by atoms with Crippen LogP contribution in [0.2, 0.25) is 5.02 Å². The molecule has 152 valence electrons. The maximum Gasteiger partial charge on any atom is 0.417 e. The second-order valence-electron chi connectivity index (χ2n) is 6.05. The monoisotopic (exact) mass is 419 g/mol. The molecular formula is C16H17ClF3N5O3. The average Bonchev–Trinajstić information content (AvgIpc) is 2.57. The molecule has 0 bridgehead atoms. The normalized spacial score (nSPS) is 16.8. The van der Waals surface area contributed by atoms with E-state index in [1.165, 1.54) is 0 Å². The first-order valence-corrected chi connectivity index (χ1v) is 8.33. The minimum atomic E-state index is -4.58. The number of imide groups is 2. The van der Waals surface area contributed by atoms with Crippen LogP contribution >= 0.6 is 11.6 Å². The highest BCUT2D eigenvalue weighted by Gasteiger charge is 2.37. The summed E-state index contributed by atoms with van der Waals surface area (Å²) in [6, 6.07) is -0.172. The lowest BCUT2D eigenvalue weighted by atomic mass is 10.1. The van der Waals surface area contributed by atoms with Crippen LogP contribution < -0.4 is 10.6 Å². The van der Waals surface area contributed by atoms with Crippen LogP contribution in [0.15, 0.2) is 23.5 Å². The molecule has 0 radical (unpaired) electrons. The molecule has 2 heterocycles. The lowest BCUT2D eigenvalue weighted by Gasteiger charge is -2.28. The number of halogens is 4. The van der Waals surface area contributed by atoms with Gasteiger partial charge in [0, 0.05) is 39.1 Å². The SMILES string of the molecule is C/C(=C1\C(=O)NC(=O)N(CCNc2ncc(C(F)(F)F)cc2Cl)C1=O)N(C)C. The van der Waals surface area contributed by atoms with E-state index < -0.39 is 29.6 Å². The van der Waals surface area contributed by atoms with Gasteiger partial charge < -0.3 is 10.2 Å². The average molecular weight is 420 g/mol. The highest BCUT2D eigenvalue weighted by molar-refractivity contribution is 6.33. The summed E-state index contributed by atoms with van der Waals surface area (Å²) >= 11 is 5.79. The lowest BCUT2D eigenvalue weighted by molar-refractivity contribution is -0.138. The first kappa shape index (κ1) is 21.5. The second-order valence-corrected chi connectivity index (χ2v) is 6.46. The molecule has 8 nitrogen and oxygen atoms in total. The highest BCUT2D eigenvalue weighted by atomic mass is 35.5. The van der Waals surface area contributed by atoms with Crippen molar-refractivity contribution in [2.24, 2.45) is 0 Å². The van der Waals surface area contributed by atoms with Gasteiger partial charge in [-0.1, -0.05) is 11.6 Å². The number of hydrogen-bond acceptors (Lipinski definition) is 6. The smallest absolute Gasteiger partial charge is 0.380 e. The molecule has 1 aliphatic rings. The molecule has 12 heteroatoms. The topological polar surface area (TPSA) is 94.6 Å². The fourth-order valence-corrected chi connectivity index (χ4v) is 2.54. The van der Waals surface area contributed by atoms with E-state index in [2.05, 4.69) is 15.6 Å². The Labute approximate surface area is 163 Å². The molecule has 1 aliphatic heterocycles. The standard InChI is InChI=1S/C16H17ClF3N5O3/c1-8(24(2)3)11-13(26)23-15(28)25(14(11)27)5-4-21-12-10(17)6-9(7-22-12)16(18,19)20/h6-7H,4-5H2,1-3H3,(H,21,22)(H,23,26,28)/b11-8-. The molecular weight excluding hydrogens is 403 g/mol. The quantitative estimate of drug-likeness (QED) is 0.560. The first-order valence-electron chi connectivity index (χ1n) is 7.95. The fourth-order valence-electron chi connectivity index (χ4n) is 2.31. The predicted molar refractivity (Wildman–Crippen MR) is 94.4 cm³/mol. The van der Waals surface area contributed by atoms with Crippen LogP contribution in [0, 0.1) is 0 Å². The van der Waals surface area contributed by atoms with Crippen molar-refractivity contribution >= 4 is 35.3 Å². The Kier molecular flexibility index (Phi) is 6.17. The molecule has 1 aromatic rings. The zero-order valence-electron chi connectivity index (χ0n) is 15.1. The summed E-state index contributed by atoms with van der Waals surface area (Å²) in [5.74, 6) is -1.60. The van der Waals surface area contributed by atoms with Crippen molar-refractivity contribution in [1.29, 1.82) is 0 Å². The minimum Gasteiger partial charge on any atom is -0.380 e. The van der Waals surface area contributed by atoms with Crippen LogP contribution in [0.1, 0.15) is 12.5 Å². The van der Waals surface area contributed by atoms with Crippen molar-refractivity contribution in [3.63, 3.8) is 0 Å². The number of amides is 4. The third-order valence-corrected chi connectivity index (χ3v) is 4.27. The van der Waals surface area contributed by atoms with Gasteiger partial charge in [0.2, 0.25) is 0 Å². The Balaban J connectivity index is 2.10. The summed E-state index contributed by atoms with van der Waals surface area (Å²) in [5.41, 5.74) is -0.795. The van der Waals surface area contributed by atoms with Crippen LogP contribution in [0.5, 0.6) is 0 Å². The van der Waals surface area contributed by atoms with Gasteiger partial charge in [-0.2, -0.15) is 13.2 Å². The highest BCUT2D eigenvalue weighted by Crippen LogP contribution is 2.32. The Morgan fingerprint density at radius 3 is 2.50 bits per heavy atom. The first-order chi connectivity index (χ1) is 12.9. The van der Waals surface area contributed by atoms with Gasteiger partial charge in [0.1, 0.15) is 11.4 Å². The van der Waals surface area contributed by atoms with E-state index in [4.69, 9.17) is 11.6 Å². The number of anilines is 1. The van der Waals surface area contributed by atoms with E-state index in [0.717, 1.165) is 11.0 Å². The molecule has 2 N–H and O–H groups in total. The molecule has 2 rings (SSSR count). The summed E-state index contributed by atoms with van der Waals surface area (Å²) in [6.45, 7) is 1.35. The van der Waals surface area contributed by atoms with Crippen molar-refractivity contribution in [2.75, 3.05) is 32.5 Å². The number of carbonyl (C=O) groups is 3. The number of aromatic nitrogens is 1. The number of nitrogens with one attached hydrogen (secondary N) is 2. The Bertz CT molecular complexity index is 854. The molecule has 0 atom stereocenters. The van der Waals surface area contributed by atoms with Crippen LogP contribution in [-0.2, 0) is 15.8 Å². The number of barbiturate groups is 1. The van der Waals surface area contributed by atoms with Gasteiger partial charge in [0.25, 0.3) is 11.8 Å². The number of urea groups is 1. The fraction of sp³-hybridized carbons (Fsp3) is 0.375. The van der Waals surface area contributed by atoms with E-state index >= 15 is 0 Å². The van der Waals surface area contributed by atoms with Gasteiger partial charge in [-0.25, -0.2) is 9.78 Å². The summed E-state index contributed by atoms with van der Waals surface area (Å²) < 4.78 is 37.9. The van der Waals surface area contributed by atoms with Crippen LogP contribution in [0.3, 0.4) is 0 Å². The van der Waals surface area contributed by atoms with Crippen LogP contribution in [-0.4, -0.2) is 59.8 Å². The molecule has 0 aliphatic carbocycles. The van der Waals surface area contributed by atoms with Crippen LogP contribution in [0.4, 0.5) is 23.8 Å². The lowest BCUT2D eigenvalue weighted by Crippen LogP contribution is -2.55. The summed E-state index contributed by atoms with van der Waals surface area (Å²) in [5, 5.41) is 4.48. The summed E-state index contributed by atoms with van der Waals surface area (Å²) in [6.07, 6.45) is -3.96. The van der Waals surface area contributed by atoms with Crippen molar-refractivity contribution in [3.05, 3.63) is 34.1 Å². The molecule has 1 aromatic heterocycles. The van der Waals surface area contributed by atoms with Crippen LogP contribution in [0.25, 0.3) is 0 Å². The second kappa shape index (κ2) is 8.05. The van der Waals surface area contributed by atoms with E-state index in [9.17, 15) is 27.6 Å². The van der Waals surface area contributed by atoms with Crippen molar-refractivity contribution in [3.8, 4) is 0 Å². The van der Waals surface area contributed by atoms with E-state index in [-0.39, 0.29) is 29.5 Å². The molecule has 1 fully saturated rings. The number of rotatable bonds is 5. The van der Waals surface area contributed by atoms with Gasteiger partial charge in [-0.05, 0) is 13.0 Å². The molecule has 0 unspecified atom stereocenters. The van der Waals surface area contributed by atoms with Crippen molar-refractivity contribution in [2.45, 2.75) is 13.1 Å². The zero-order valence-corrected chi connectivity index (χ0v) is 15.9. The molecule has 0 spiro atoms. The number of alkyl halides is 3. The number of pyridine rings is 1. The number of nitrogens with zero attached hydrogens (tertiary/aromatic N) is 3. The summed E-state index contributed by atoms with van der Waals surface area (Å²) in [7, 11) is 3.28. The van der Waals surface area contributed by atoms with E-state index in [1.54, 1.807) is 25.9 Å². The Morgan fingerprint density at radius 1 is 1.32 bits per heavy atom. The number of hydrogen-bond donors (Lipinski definition) is 2. The van der Waals surface area contributed by atoms with Gasteiger partial charge in [-0.15, -0.1) is 0 Å². The number of allylic oxidation sites excluding steroid dienone is 1. The molecule has 1 saturated heterocycles. The van der Waals surface area contributed by atoms with Gasteiger partial charge >= 0.3 is 12.2 Å². The third kappa shape index (κ3) is 4.53. The van der Waals surface area contributed by atoms with Gasteiger partial charge in [-0.3, -0.25) is 19.8 Å².